The van der Waals surface area contributed by atoms with Crippen LogP contribution in [-0.2, 0) is 0 Å². The molecule has 0 saturated carbocycles. The third kappa shape index (κ3) is 1.53. The van der Waals surface area contributed by atoms with Gasteiger partial charge in [-0.25, -0.2) is 4.98 Å². The maximum Gasteiger partial charge on any atom is 0.114 e. The highest BCUT2D eigenvalue weighted by molar-refractivity contribution is 7.16. The fraction of sp³-hybridized carbons (Fsp3) is 0.111. The molecule has 2 rings (SSSR count). The first-order chi connectivity index (χ1) is 6.27. The van der Waals surface area contributed by atoms with Crippen molar-refractivity contribution >= 4 is 16.3 Å². The van der Waals surface area contributed by atoms with E-state index in [1.807, 2.05) is 19.1 Å². The molecule has 0 aliphatic rings. The number of aryl methyl sites for hydroxylation is 1. The van der Waals surface area contributed by atoms with Gasteiger partial charge in [-0.2, -0.15) is 0 Å². The van der Waals surface area contributed by atoms with E-state index in [0.717, 1.165) is 21.3 Å². The molecule has 2 aromatic rings. The first-order valence-corrected chi connectivity index (χ1v) is 4.72. The molecule has 4 heteroatoms. The maximum atomic E-state index is 5.81. The minimum Gasteiger partial charge on any atom is -0.389 e. The Morgan fingerprint density at radius 2 is 2.00 bits per heavy atom. The Balaban J connectivity index is 2.53. The second-order valence-corrected chi connectivity index (χ2v) is 3.92. The van der Waals surface area contributed by atoms with E-state index >= 15 is 0 Å². The predicted octanol–water partition coefficient (Wildman–Crippen LogP) is 2.10. The largest absolute Gasteiger partial charge is 0.389 e. The second-order valence-electron chi connectivity index (χ2n) is 2.68. The average molecular weight is 191 g/mol. The molecule has 0 bridgehead atoms. The summed E-state index contributed by atoms with van der Waals surface area (Å²) in [6.07, 6.45) is 3.48. The van der Waals surface area contributed by atoms with Crippen LogP contribution in [-0.4, -0.2) is 9.97 Å². The first kappa shape index (κ1) is 8.19. The summed E-state index contributed by atoms with van der Waals surface area (Å²) in [7, 11) is 0. The lowest BCUT2D eigenvalue weighted by Crippen LogP contribution is -1.85. The van der Waals surface area contributed by atoms with Gasteiger partial charge in [-0.3, -0.25) is 4.98 Å². The Labute approximate surface area is 80.3 Å². The standard InChI is InChI=1S/C9H9N3S/c1-6-12-8(9(10)13-6)7-2-4-11-5-3-7/h2-5H,10H2,1H3. The Kier molecular flexibility index (Phi) is 1.98. The topological polar surface area (TPSA) is 51.8 Å². The molecule has 0 atom stereocenters. The van der Waals surface area contributed by atoms with Gasteiger partial charge in [-0.15, -0.1) is 11.3 Å². The SMILES string of the molecule is Cc1nc(-c2ccncc2)c(N)s1. The zero-order valence-corrected chi connectivity index (χ0v) is 8.01. The molecule has 0 radical (unpaired) electrons. The second kappa shape index (κ2) is 3.14. The van der Waals surface area contributed by atoms with E-state index in [9.17, 15) is 0 Å². The van der Waals surface area contributed by atoms with Crippen LogP contribution in [0.4, 0.5) is 5.00 Å². The van der Waals surface area contributed by atoms with Crippen LogP contribution in [0.5, 0.6) is 0 Å². The molecule has 3 nitrogen and oxygen atoms in total. The van der Waals surface area contributed by atoms with Crippen molar-refractivity contribution in [1.82, 2.24) is 9.97 Å². The van der Waals surface area contributed by atoms with Gasteiger partial charge < -0.3 is 5.73 Å². The zero-order chi connectivity index (χ0) is 9.26. The van der Waals surface area contributed by atoms with Crippen LogP contribution >= 0.6 is 11.3 Å². The highest BCUT2D eigenvalue weighted by Crippen LogP contribution is 2.29. The highest BCUT2D eigenvalue weighted by Gasteiger charge is 2.06. The molecule has 0 aromatic carbocycles. The van der Waals surface area contributed by atoms with Gasteiger partial charge in [0, 0.05) is 18.0 Å². The Morgan fingerprint density at radius 1 is 1.31 bits per heavy atom. The summed E-state index contributed by atoms with van der Waals surface area (Å²) < 4.78 is 0. The highest BCUT2D eigenvalue weighted by atomic mass is 32.1. The van der Waals surface area contributed by atoms with Gasteiger partial charge >= 0.3 is 0 Å². The minimum absolute atomic E-state index is 0.767. The summed E-state index contributed by atoms with van der Waals surface area (Å²) >= 11 is 1.51. The molecule has 2 N–H and O–H groups in total. The van der Waals surface area contributed by atoms with Crippen LogP contribution in [0.15, 0.2) is 24.5 Å². The third-order valence-corrected chi connectivity index (χ3v) is 2.51. The van der Waals surface area contributed by atoms with Crippen molar-refractivity contribution in [1.29, 1.82) is 0 Å². The quantitative estimate of drug-likeness (QED) is 0.751. The maximum absolute atomic E-state index is 5.81. The summed E-state index contributed by atoms with van der Waals surface area (Å²) in [5, 5.41) is 1.76. The van der Waals surface area contributed by atoms with Crippen molar-refractivity contribution in [3.05, 3.63) is 29.5 Å². The molecule has 0 aliphatic heterocycles. The number of hydrogen-bond acceptors (Lipinski definition) is 4. The number of nitrogens with two attached hydrogens (primary N) is 1. The molecule has 0 amide bonds. The number of nitrogens with zero attached hydrogens (tertiary/aromatic N) is 2. The summed E-state index contributed by atoms with van der Waals surface area (Å²) in [6.45, 7) is 1.95. The van der Waals surface area contributed by atoms with Crippen molar-refractivity contribution < 1.29 is 0 Å². The monoisotopic (exact) mass is 191 g/mol. The Bertz CT molecular complexity index is 408. The molecule has 0 aliphatic carbocycles. The third-order valence-electron chi connectivity index (χ3n) is 1.71. The molecule has 2 aromatic heterocycles. The summed E-state index contributed by atoms with van der Waals surface area (Å²) in [6, 6.07) is 3.82. The van der Waals surface area contributed by atoms with Crippen molar-refractivity contribution in [3.63, 3.8) is 0 Å². The molecule has 66 valence electrons. The van der Waals surface area contributed by atoms with E-state index in [0.29, 0.717) is 0 Å². The number of anilines is 1. The Hall–Kier alpha value is -1.42. The smallest absolute Gasteiger partial charge is 0.114 e. The number of aromatic nitrogens is 2. The van der Waals surface area contributed by atoms with Crippen LogP contribution in [0.3, 0.4) is 0 Å². The lowest BCUT2D eigenvalue weighted by molar-refractivity contribution is 1.28. The minimum atomic E-state index is 0.767. The van der Waals surface area contributed by atoms with E-state index in [4.69, 9.17) is 5.73 Å². The molecule has 0 saturated heterocycles. The zero-order valence-electron chi connectivity index (χ0n) is 7.19. The number of rotatable bonds is 1. The molecule has 0 spiro atoms. The summed E-state index contributed by atoms with van der Waals surface area (Å²) in [5.41, 5.74) is 7.70. The molecular weight excluding hydrogens is 182 g/mol. The number of pyridine rings is 1. The fourth-order valence-corrected chi connectivity index (χ4v) is 1.87. The molecular formula is C9H9N3S. The van der Waals surface area contributed by atoms with E-state index in [-0.39, 0.29) is 0 Å². The molecule has 13 heavy (non-hydrogen) atoms. The van der Waals surface area contributed by atoms with E-state index < -0.39 is 0 Å². The van der Waals surface area contributed by atoms with Crippen molar-refractivity contribution in [2.45, 2.75) is 6.92 Å². The molecule has 0 fully saturated rings. The van der Waals surface area contributed by atoms with Gasteiger partial charge in [0.1, 0.15) is 10.7 Å². The molecule has 2 heterocycles. The number of nitrogen functional groups attached to an aromatic ring is 1. The number of thiazole rings is 1. The normalized spacial score (nSPS) is 10.2. The van der Waals surface area contributed by atoms with Crippen LogP contribution in [0.2, 0.25) is 0 Å². The van der Waals surface area contributed by atoms with Crippen LogP contribution < -0.4 is 5.73 Å². The fourth-order valence-electron chi connectivity index (χ4n) is 1.16. The Morgan fingerprint density at radius 3 is 2.54 bits per heavy atom. The number of hydrogen-bond donors (Lipinski definition) is 1. The lowest BCUT2D eigenvalue weighted by atomic mass is 10.2. The lowest BCUT2D eigenvalue weighted by Gasteiger charge is -1.95. The summed E-state index contributed by atoms with van der Waals surface area (Å²) in [4.78, 5) is 8.29. The van der Waals surface area contributed by atoms with Gasteiger partial charge in [0.25, 0.3) is 0 Å². The first-order valence-electron chi connectivity index (χ1n) is 3.90. The van der Waals surface area contributed by atoms with Crippen LogP contribution in [0.1, 0.15) is 5.01 Å². The van der Waals surface area contributed by atoms with Gasteiger partial charge in [0.05, 0.1) is 5.01 Å². The van der Waals surface area contributed by atoms with Crippen molar-refractivity contribution in [2.75, 3.05) is 5.73 Å². The predicted molar refractivity (Wildman–Crippen MR) is 54.5 cm³/mol. The van der Waals surface area contributed by atoms with Gasteiger partial charge in [-0.05, 0) is 19.1 Å². The van der Waals surface area contributed by atoms with Gasteiger partial charge in [0.2, 0.25) is 0 Å². The van der Waals surface area contributed by atoms with Crippen molar-refractivity contribution in [2.24, 2.45) is 0 Å². The summed E-state index contributed by atoms with van der Waals surface area (Å²) in [5.74, 6) is 0. The van der Waals surface area contributed by atoms with Crippen LogP contribution in [0.25, 0.3) is 11.3 Å². The van der Waals surface area contributed by atoms with Gasteiger partial charge in [-0.1, -0.05) is 0 Å². The van der Waals surface area contributed by atoms with Crippen molar-refractivity contribution in [3.8, 4) is 11.3 Å². The van der Waals surface area contributed by atoms with E-state index in [1.165, 1.54) is 11.3 Å². The molecule has 0 unspecified atom stereocenters. The van der Waals surface area contributed by atoms with Gasteiger partial charge in [0.15, 0.2) is 0 Å². The average Bonchev–Trinajstić information content (AvgIpc) is 2.47. The van der Waals surface area contributed by atoms with E-state index in [1.54, 1.807) is 12.4 Å². The van der Waals surface area contributed by atoms with Crippen LogP contribution in [0, 0.1) is 6.92 Å². The van der Waals surface area contributed by atoms with E-state index in [2.05, 4.69) is 9.97 Å².